The predicted octanol–water partition coefficient (Wildman–Crippen LogP) is 0.675. The van der Waals surface area contributed by atoms with Gasteiger partial charge in [-0.05, 0) is 32.2 Å². The highest BCUT2D eigenvalue weighted by molar-refractivity contribution is 5.82. The lowest BCUT2D eigenvalue weighted by Gasteiger charge is -2.38. The fraction of sp³-hybridized carbons (Fsp3) is 0.857. The minimum atomic E-state index is -0.274. The molecule has 2 fully saturated rings. The second-order valence-corrected chi connectivity index (χ2v) is 5.56. The minimum Gasteiger partial charge on any atom is -0.450 e. The zero-order valence-electron chi connectivity index (χ0n) is 12.4. The smallest absolute Gasteiger partial charge is 0.409 e. The first kappa shape index (κ1) is 15.1. The van der Waals surface area contributed by atoms with Gasteiger partial charge in [0.25, 0.3) is 0 Å². The summed E-state index contributed by atoms with van der Waals surface area (Å²) in [7, 11) is 0. The van der Waals surface area contributed by atoms with Gasteiger partial charge < -0.3 is 19.9 Å². The first-order valence-electron chi connectivity index (χ1n) is 7.57. The van der Waals surface area contributed by atoms with Gasteiger partial charge in [-0.3, -0.25) is 4.79 Å². The number of carbonyl (C=O) groups is 2. The van der Waals surface area contributed by atoms with Crippen molar-refractivity contribution in [1.82, 2.24) is 15.1 Å². The van der Waals surface area contributed by atoms with E-state index in [2.05, 4.69) is 12.2 Å². The maximum Gasteiger partial charge on any atom is 0.409 e. The Kier molecular flexibility index (Phi) is 5.23. The molecule has 0 aromatic heterocycles. The molecule has 2 rings (SSSR count). The summed E-state index contributed by atoms with van der Waals surface area (Å²) < 4.78 is 4.98. The fourth-order valence-corrected chi connectivity index (χ4v) is 2.90. The van der Waals surface area contributed by atoms with Crippen LogP contribution in [0.4, 0.5) is 4.79 Å². The van der Waals surface area contributed by atoms with E-state index < -0.39 is 0 Å². The molecule has 0 spiro atoms. The fourth-order valence-electron chi connectivity index (χ4n) is 2.90. The van der Waals surface area contributed by atoms with Gasteiger partial charge in [-0.25, -0.2) is 4.79 Å². The van der Waals surface area contributed by atoms with Crippen molar-refractivity contribution in [3.63, 3.8) is 0 Å². The van der Waals surface area contributed by atoms with Crippen LogP contribution in [0.1, 0.15) is 26.7 Å². The van der Waals surface area contributed by atoms with Crippen LogP contribution >= 0.6 is 0 Å². The van der Waals surface area contributed by atoms with Gasteiger partial charge >= 0.3 is 6.09 Å². The summed E-state index contributed by atoms with van der Waals surface area (Å²) in [4.78, 5) is 27.7. The van der Waals surface area contributed by atoms with Gasteiger partial charge in [-0.15, -0.1) is 0 Å². The number of nitrogens with zero attached hydrogens (tertiary/aromatic N) is 2. The number of rotatable bonds is 2. The van der Waals surface area contributed by atoms with E-state index in [0.29, 0.717) is 38.7 Å². The molecule has 1 N–H and O–H groups in total. The maximum absolute atomic E-state index is 12.5. The van der Waals surface area contributed by atoms with Crippen molar-refractivity contribution < 1.29 is 14.3 Å². The van der Waals surface area contributed by atoms with Crippen LogP contribution in [0.3, 0.4) is 0 Å². The molecule has 2 aliphatic heterocycles. The van der Waals surface area contributed by atoms with E-state index in [1.54, 1.807) is 11.8 Å². The topological polar surface area (TPSA) is 61.9 Å². The molecule has 2 amide bonds. The van der Waals surface area contributed by atoms with Crippen molar-refractivity contribution in [3.8, 4) is 0 Å². The van der Waals surface area contributed by atoms with Crippen LogP contribution < -0.4 is 5.32 Å². The SMILES string of the molecule is CCOC(=O)N1CCN(C(=O)C2NCCCC2C)CC1. The molecular weight excluding hydrogens is 258 g/mol. The lowest BCUT2D eigenvalue weighted by atomic mass is 9.91. The lowest BCUT2D eigenvalue weighted by molar-refractivity contribution is -0.136. The summed E-state index contributed by atoms with van der Waals surface area (Å²) in [5.74, 6) is 0.569. The van der Waals surface area contributed by atoms with Gasteiger partial charge in [0.15, 0.2) is 0 Å². The highest BCUT2D eigenvalue weighted by atomic mass is 16.6. The van der Waals surface area contributed by atoms with Crippen LogP contribution in [-0.2, 0) is 9.53 Å². The first-order valence-corrected chi connectivity index (χ1v) is 7.57. The molecule has 0 aromatic rings. The number of amides is 2. The minimum absolute atomic E-state index is 0.0575. The second-order valence-electron chi connectivity index (χ2n) is 5.56. The van der Waals surface area contributed by atoms with E-state index in [9.17, 15) is 9.59 Å². The number of ether oxygens (including phenoxy) is 1. The van der Waals surface area contributed by atoms with Crippen molar-refractivity contribution >= 4 is 12.0 Å². The molecule has 20 heavy (non-hydrogen) atoms. The summed E-state index contributed by atoms with van der Waals surface area (Å²) in [5.41, 5.74) is 0. The number of carbonyl (C=O) groups excluding carboxylic acids is 2. The largest absolute Gasteiger partial charge is 0.450 e. The third kappa shape index (κ3) is 3.42. The van der Waals surface area contributed by atoms with Crippen molar-refractivity contribution in [2.45, 2.75) is 32.7 Å². The zero-order chi connectivity index (χ0) is 14.5. The Morgan fingerprint density at radius 1 is 1.20 bits per heavy atom. The van der Waals surface area contributed by atoms with Crippen molar-refractivity contribution in [2.24, 2.45) is 5.92 Å². The van der Waals surface area contributed by atoms with Gasteiger partial charge in [0.2, 0.25) is 5.91 Å². The standard InChI is InChI=1S/C14H25N3O3/c1-3-20-14(19)17-9-7-16(8-10-17)13(18)12-11(2)5-4-6-15-12/h11-12,15H,3-10H2,1-2H3. The van der Waals surface area contributed by atoms with Gasteiger partial charge in [0.05, 0.1) is 12.6 Å². The van der Waals surface area contributed by atoms with Crippen LogP contribution in [0.5, 0.6) is 0 Å². The summed E-state index contributed by atoms with van der Waals surface area (Å²) in [5, 5.41) is 3.32. The molecular formula is C14H25N3O3. The van der Waals surface area contributed by atoms with Crippen LogP contribution in [0.2, 0.25) is 0 Å². The average molecular weight is 283 g/mol. The van der Waals surface area contributed by atoms with Crippen LogP contribution in [0.15, 0.2) is 0 Å². The summed E-state index contributed by atoms with van der Waals surface area (Å²) in [6.45, 7) is 7.56. The van der Waals surface area contributed by atoms with E-state index in [0.717, 1.165) is 19.4 Å². The molecule has 0 saturated carbocycles. The molecule has 6 nitrogen and oxygen atoms in total. The van der Waals surface area contributed by atoms with Gasteiger partial charge in [-0.1, -0.05) is 6.92 Å². The highest BCUT2D eigenvalue weighted by Crippen LogP contribution is 2.18. The van der Waals surface area contributed by atoms with E-state index >= 15 is 0 Å². The van der Waals surface area contributed by atoms with Crippen molar-refractivity contribution in [2.75, 3.05) is 39.3 Å². The van der Waals surface area contributed by atoms with E-state index in [4.69, 9.17) is 4.74 Å². The van der Waals surface area contributed by atoms with Crippen molar-refractivity contribution in [1.29, 1.82) is 0 Å². The molecule has 6 heteroatoms. The average Bonchev–Trinajstić information content (AvgIpc) is 2.47. The number of hydrogen-bond donors (Lipinski definition) is 1. The Hall–Kier alpha value is -1.30. The molecule has 0 bridgehead atoms. The maximum atomic E-state index is 12.5. The quantitative estimate of drug-likeness (QED) is 0.809. The van der Waals surface area contributed by atoms with Gasteiger partial charge in [0.1, 0.15) is 0 Å². The summed E-state index contributed by atoms with van der Waals surface area (Å²) >= 11 is 0. The molecule has 2 unspecified atom stereocenters. The Labute approximate surface area is 120 Å². The second kappa shape index (κ2) is 6.92. The molecule has 0 radical (unpaired) electrons. The zero-order valence-corrected chi connectivity index (χ0v) is 12.4. The molecule has 0 aliphatic carbocycles. The Balaban J connectivity index is 1.83. The highest BCUT2D eigenvalue weighted by Gasteiger charge is 2.33. The monoisotopic (exact) mass is 283 g/mol. The molecule has 2 heterocycles. The molecule has 0 aromatic carbocycles. The molecule has 2 atom stereocenters. The number of hydrogen-bond acceptors (Lipinski definition) is 4. The van der Waals surface area contributed by atoms with Crippen LogP contribution in [0, 0.1) is 5.92 Å². The molecule has 2 aliphatic rings. The number of nitrogens with one attached hydrogen (secondary N) is 1. The summed E-state index contributed by atoms with van der Waals surface area (Å²) in [6, 6.07) is -0.0575. The van der Waals surface area contributed by atoms with E-state index in [-0.39, 0.29) is 18.0 Å². The number of piperidine rings is 1. The number of piperazine rings is 1. The molecule has 2 saturated heterocycles. The molecule has 114 valence electrons. The Morgan fingerprint density at radius 2 is 1.85 bits per heavy atom. The third-order valence-corrected chi connectivity index (χ3v) is 4.15. The Morgan fingerprint density at radius 3 is 2.45 bits per heavy atom. The van der Waals surface area contributed by atoms with Crippen molar-refractivity contribution in [3.05, 3.63) is 0 Å². The summed E-state index contributed by atoms with van der Waals surface area (Å²) in [6.07, 6.45) is 1.97. The third-order valence-electron chi connectivity index (χ3n) is 4.15. The van der Waals surface area contributed by atoms with Gasteiger partial charge in [-0.2, -0.15) is 0 Å². The van der Waals surface area contributed by atoms with E-state index in [1.165, 1.54) is 0 Å². The first-order chi connectivity index (χ1) is 9.63. The van der Waals surface area contributed by atoms with Crippen LogP contribution in [-0.4, -0.2) is 67.2 Å². The lowest BCUT2D eigenvalue weighted by Crippen LogP contribution is -2.57. The van der Waals surface area contributed by atoms with Crippen LogP contribution in [0.25, 0.3) is 0 Å². The predicted molar refractivity (Wildman–Crippen MR) is 75.4 cm³/mol. The van der Waals surface area contributed by atoms with Gasteiger partial charge in [0, 0.05) is 26.2 Å². The van der Waals surface area contributed by atoms with E-state index in [1.807, 2.05) is 4.90 Å². The normalized spacial score (nSPS) is 27.3. The Bertz CT molecular complexity index is 354.